The number of esters is 5. The molecule has 1 aliphatic carbocycles. The lowest BCUT2D eigenvalue weighted by atomic mass is 9.89. The molecule has 0 radical (unpaired) electrons. The fourth-order valence-electron chi connectivity index (χ4n) is 4.05. The Hall–Kier alpha value is -3.31. The Kier molecular flexibility index (Phi) is 27.0. The Bertz CT molecular complexity index is 1050. The molecule has 312 valence electrons. The molecule has 0 atom stereocenters. The average molecular weight is 785 g/mol. The van der Waals surface area contributed by atoms with Crippen molar-refractivity contribution in [1.82, 2.24) is 0 Å². The molecular formula is C34H56O20. The molecule has 0 saturated carbocycles. The van der Waals surface area contributed by atoms with E-state index in [9.17, 15) is 24.0 Å². The van der Waals surface area contributed by atoms with Crippen LogP contribution in [0.5, 0.6) is 0 Å². The standard InChI is InChI=1S/C34H56O20/c1-6-40-11-16-45-22-28(35)50-27-21-33(51-29(36)23-46-17-12-41-7-2,52-30(37)24-47-18-13-42-8-3)34(27,53-31(38)25-48-19-14-43-9-4)54-32(39)26-49-20-15-44-10-5/h21H,6-20,22-26H2,1-5H3. The van der Waals surface area contributed by atoms with Gasteiger partial charge in [-0.15, -0.1) is 0 Å². The molecular weight excluding hydrogens is 728 g/mol. The second-order valence-corrected chi connectivity index (χ2v) is 10.4. The summed E-state index contributed by atoms with van der Waals surface area (Å²) in [7, 11) is 0. The van der Waals surface area contributed by atoms with Gasteiger partial charge in [-0.2, -0.15) is 0 Å². The Morgan fingerprint density at radius 3 is 0.944 bits per heavy atom. The maximum absolute atomic E-state index is 13.3. The summed E-state index contributed by atoms with van der Waals surface area (Å²) in [6.45, 7) is 7.75. The molecule has 0 amide bonds. The van der Waals surface area contributed by atoms with Gasteiger partial charge in [-0.3, -0.25) is 0 Å². The van der Waals surface area contributed by atoms with E-state index in [0.717, 1.165) is 6.08 Å². The first-order valence-corrected chi connectivity index (χ1v) is 17.7. The van der Waals surface area contributed by atoms with Gasteiger partial charge in [-0.1, -0.05) is 0 Å². The molecule has 0 aromatic carbocycles. The van der Waals surface area contributed by atoms with Crippen LogP contribution in [-0.4, -0.2) is 174 Å². The van der Waals surface area contributed by atoms with Gasteiger partial charge in [0, 0.05) is 33.0 Å². The molecule has 0 bridgehead atoms. The molecule has 0 heterocycles. The van der Waals surface area contributed by atoms with Crippen molar-refractivity contribution in [3.8, 4) is 0 Å². The van der Waals surface area contributed by atoms with Crippen molar-refractivity contribution in [3.05, 3.63) is 11.8 Å². The second-order valence-electron chi connectivity index (χ2n) is 10.4. The minimum absolute atomic E-state index is 0.0149. The van der Waals surface area contributed by atoms with Gasteiger partial charge in [-0.25, -0.2) is 24.0 Å². The second kappa shape index (κ2) is 30.0. The van der Waals surface area contributed by atoms with E-state index in [0.29, 0.717) is 33.0 Å². The maximum Gasteiger partial charge on any atom is 0.400 e. The van der Waals surface area contributed by atoms with Crippen LogP contribution in [0.25, 0.3) is 0 Å². The number of carbonyl (C=O) groups excluding carboxylic acids is 5. The van der Waals surface area contributed by atoms with Gasteiger partial charge in [-0.05, 0) is 34.6 Å². The predicted molar refractivity (Wildman–Crippen MR) is 181 cm³/mol. The summed E-state index contributed by atoms with van der Waals surface area (Å²) in [6.07, 6.45) is 0.799. The average Bonchev–Trinajstić information content (AvgIpc) is 3.13. The number of hydrogen-bond donors (Lipinski definition) is 0. The molecule has 20 nitrogen and oxygen atoms in total. The highest BCUT2D eigenvalue weighted by Crippen LogP contribution is 2.50. The zero-order valence-corrected chi connectivity index (χ0v) is 31.9. The predicted octanol–water partition coefficient (Wildman–Crippen LogP) is 0.258. The van der Waals surface area contributed by atoms with Crippen LogP contribution in [0.3, 0.4) is 0 Å². The van der Waals surface area contributed by atoms with Crippen molar-refractivity contribution in [1.29, 1.82) is 0 Å². The number of carbonyl (C=O) groups is 5. The smallest absolute Gasteiger partial charge is 0.400 e. The van der Waals surface area contributed by atoms with Crippen LogP contribution in [0.4, 0.5) is 0 Å². The monoisotopic (exact) mass is 784 g/mol. The molecule has 1 rings (SSSR count). The lowest BCUT2D eigenvalue weighted by Gasteiger charge is -2.49. The van der Waals surface area contributed by atoms with Gasteiger partial charge >= 0.3 is 41.4 Å². The molecule has 0 aromatic rings. The van der Waals surface area contributed by atoms with E-state index in [1.165, 1.54) is 0 Å². The Morgan fingerprint density at radius 1 is 0.389 bits per heavy atom. The van der Waals surface area contributed by atoms with E-state index >= 15 is 0 Å². The van der Waals surface area contributed by atoms with Crippen molar-refractivity contribution in [2.45, 2.75) is 46.2 Å². The quantitative estimate of drug-likeness (QED) is 0.0364. The van der Waals surface area contributed by atoms with Gasteiger partial charge in [0.05, 0.1) is 72.1 Å². The highest BCUT2D eigenvalue weighted by molar-refractivity contribution is 5.79. The van der Waals surface area contributed by atoms with Crippen LogP contribution in [0.1, 0.15) is 34.6 Å². The van der Waals surface area contributed by atoms with Crippen LogP contribution in [0.2, 0.25) is 0 Å². The zero-order chi connectivity index (χ0) is 39.9. The number of hydrogen-bond acceptors (Lipinski definition) is 20. The molecule has 20 heteroatoms. The zero-order valence-electron chi connectivity index (χ0n) is 31.9. The fourth-order valence-corrected chi connectivity index (χ4v) is 4.05. The van der Waals surface area contributed by atoms with E-state index in [4.69, 9.17) is 71.1 Å². The highest BCUT2D eigenvalue weighted by Gasteiger charge is 2.76. The molecule has 0 unspecified atom stereocenters. The first-order chi connectivity index (χ1) is 26.1. The highest BCUT2D eigenvalue weighted by atomic mass is 16.8. The minimum atomic E-state index is -3.07. The molecule has 0 N–H and O–H groups in total. The molecule has 0 aliphatic heterocycles. The SMILES string of the molecule is CCOCCOCC(=O)OC1=CC(OC(=O)COCCOCC)(OC(=O)COCCOCC)C1(OC(=O)COCCOCC)OC(=O)COCCOCC. The third kappa shape index (κ3) is 19.3. The van der Waals surface area contributed by atoms with Crippen LogP contribution in [0.15, 0.2) is 11.8 Å². The third-order valence-corrected chi connectivity index (χ3v) is 6.35. The molecule has 0 aromatic heterocycles. The van der Waals surface area contributed by atoms with Gasteiger partial charge in [0.1, 0.15) is 33.0 Å². The molecule has 0 saturated heterocycles. The van der Waals surface area contributed by atoms with E-state index in [1.54, 1.807) is 34.6 Å². The van der Waals surface area contributed by atoms with Gasteiger partial charge in [0.2, 0.25) is 5.76 Å². The van der Waals surface area contributed by atoms with Crippen LogP contribution < -0.4 is 0 Å². The van der Waals surface area contributed by atoms with Gasteiger partial charge in [0.15, 0.2) is 0 Å². The summed E-state index contributed by atoms with van der Waals surface area (Å²) in [6, 6.07) is 0. The van der Waals surface area contributed by atoms with Crippen molar-refractivity contribution < 1.29 is 95.0 Å². The summed E-state index contributed by atoms with van der Waals surface area (Å²) in [4.78, 5) is 66.0. The number of rotatable bonds is 35. The van der Waals surface area contributed by atoms with Crippen molar-refractivity contribution >= 4 is 29.8 Å². The van der Waals surface area contributed by atoms with E-state index in [-0.39, 0.29) is 66.1 Å². The largest absolute Gasteiger partial charge is 0.421 e. The molecule has 54 heavy (non-hydrogen) atoms. The molecule has 0 fully saturated rings. The van der Waals surface area contributed by atoms with Crippen LogP contribution >= 0.6 is 0 Å². The summed E-state index contributed by atoms with van der Waals surface area (Å²) >= 11 is 0. The fraction of sp³-hybridized carbons (Fsp3) is 0.794. The van der Waals surface area contributed by atoms with E-state index < -0.39 is 80.2 Å². The van der Waals surface area contributed by atoms with Crippen LogP contribution in [-0.2, 0) is 95.0 Å². The van der Waals surface area contributed by atoms with Crippen LogP contribution in [0, 0.1) is 0 Å². The first kappa shape index (κ1) is 48.7. The summed E-state index contributed by atoms with van der Waals surface area (Å²) in [5.41, 5.74) is 0. The summed E-state index contributed by atoms with van der Waals surface area (Å²) in [5.74, 6) is -12.6. The number of ether oxygens (including phenoxy) is 15. The van der Waals surface area contributed by atoms with E-state index in [1.807, 2.05) is 0 Å². The summed E-state index contributed by atoms with van der Waals surface area (Å²) in [5, 5.41) is 0. The first-order valence-electron chi connectivity index (χ1n) is 17.7. The van der Waals surface area contributed by atoms with Gasteiger partial charge in [0.25, 0.3) is 0 Å². The Balaban J connectivity index is 3.59. The Morgan fingerprint density at radius 2 is 0.648 bits per heavy atom. The molecule has 0 spiro atoms. The van der Waals surface area contributed by atoms with Gasteiger partial charge < -0.3 is 71.1 Å². The van der Waals surface area contributed by atoms with E-state index in [2.05, 4.69) is 0 Å². The minimum Gasteiger partial charge on any atom is -0.421 e. The lowest BCUT2D eigenvalue weighted by Crippen LogP contribution is -2.70. The van der Waals surface area contributed by atoms with Crippen molar-refractivity contribution in [3.63, 3.8) is 0 Å². The third-order valence-electron chi connectivity index (χ3n) is 6.35. The van der Waals surface area contributed by atoms with Crippen molar-refractivity contribution in [2.24, 2.45) is 0 Å². The summed E-state index contributed by atoms with van der Waals surface area (Å²) < 4.78 is 80.1. The normalized spacial score (nSPS) is 14.1. The van der Waals surface area contributed by atoms with Crippen molar-refractivity contribution in [2.75, 3.05) is 132 Å². The maximum atomic E-state index is 13.3. The lowest BCUT2D eigenvalue weighted by molar-refractivity contribution is -0.360. The topological polar surface area (TPSA) is 224 Å². The Labute approximate surface area is 315 Å². The molecule has 1 aliphatic rings.